The first-order chi connectivity index (χ1) is 13.2. The van der Waals surface area contributed by atoms with Gasteiger partial charge in [0.2, 0.25) is 5.91 Å². The Kier molecular flexibility index (Phi) is 5.82. The number of carbonyl (C=O) groups is 2. The van der Waals surface area contributed by atoms with Gasteiger partial charge in [0.15, 0.2) is 0 Å². The third-order valence-corrected chi connectivity index (χ3v) is 5.32. The van der Waals surface area contributed by atoms with E-state index in [4.69, 9.17) is 5.11 Å². The van der Waals surface area contributed by atoms with Crippen LogP contribution in [0.4, 0.5) is 0 Å². The average molecular weight is 380 g/mol. The number of benzene rings is 1. The quantitative estimate of drug-likeness (QED) is 0.860. The average Bonchev–Trinajstić information content (AvgIpc) is 2.68. The molecule has 1 amide bonds. The maximum absolute atomic E-state index is 12.4. The molecular formula is C23H28N2O3. The smallest absolute Gasteiger partial charge is 0.335 e. The van der Waals surface area contributed by atoms with E-state index in [2.05, 4.69) is 11.1 Å². The van der Waals surface area contributed by atoms with E-state index < -0.39 is 5.97 Å². The first kappa shape index (κ1) is 20.1. The Morgan fingerprint density at radius 2 is 1.71 bits per heavy atom. The number of piperidine rings is 1. The van der Waals surface area contributed by atoms with Crippen LogP contribution in [-0.4, -0.2) is 40.0 Å². The third kappa shape index (κ3) is 4.77. The zero-order valence-electron chi connectivity index (χ0n) is 16.8. The van der Waals surface area contributed by atoms with Crippen LogP contribution in [0, 0.1) is 11.3 Å². The van der Waals surface area contributed by atoms with Crippen molar-refractivity contribution in [2.75, 3.05) is 13.1 Å². The number of carboxylic acid groups (broad SMARTS) is 1. The number of aromatic carboxylic acids is 1. The SMILES string of the molecule is CC(C)(C)C(=O)N1CCC(Cc2ccc(-c3ccc(C(=O)O)cc3)nc2)CC1. The molecule has 1 aliphatic rings. The minimum absolute atomic E-state index is 0.242. The first-order valence-corrected chi connectivity index (χ1v) is 9.82. The lowest BCUT2D eigenvalue weighted by Crippen LogP contribution is -2.44. The summed E-state index contributed by atoms with van der Waals surface area (Å²) in [7, 11) is 0. The van der Waals surface area contributed by atoms with Gasteiger partial charge in [-0.05, 0) is 48.9 Å². The van der Waals surface area contributed by atoms with Crippen LogP contribution in [0.15, 0.2) is 42.6 Å². The van der Waals surface area contributed by atoms with Gasteiger partial charge in [0, 0.05) is 30.3 Å². The Morgan fingerprint density at radius 3 is 2.21 bits per heavy atom. The molecule has 0 saturated carbocycles. The molecule has 1 aromatic heterocycles. The van der Waals surface area contributed by atoms with E-state index in [0.29, 0.717) is 5.92 Å². The van der Waals surface area contributed by atoms with Crippen molar-refractivity contribution >= 4 is 11.9 Å². The van der Waals surface area contributed by atoms with Gasteiger partial charge in [-0.1, -0.05) is 39.0 Å². The molecule has 3 rings (SSSR count). The summed E-state index contributed by atoms with van der Waals surface area (Å²) >= 11 is 0. The fraction of sp³-hybridized carbons (Fsp3) is 0.435. The number of hydrogen-bond donors (Lipinski definition) is 1. The molecule has 0 bridgehead atoms. The number of rotatable bonds is 4. The Labute approximate surface area is 166 Å². The lowest BCUT2D eigenvalue weighted by molar-refractivity contribution is -0.140. The molecule has 0 spiro atoms. The Morgan fingerprint density at radius 1 is 1.07 bits per heavy atom. The Hall–Kier alpha value is -2.69. The standard InChI is InChI=1S/C23H28N2O3/c1-23(2,3)22(28)25-12-10-16(11-13-25)14-17-4-9-20(24-15-17)18-5-7-19(8-6-18)21(26)27/h4-9,15-16H,10-14H2,1-3H3,(H,26,27). The fourth-order valence-electron chi connectivity index (χ4n) is 3.65. The zero-order chi connectivity index (χ0) is 20.3. The van der Waals surface area contributed by atoms with Crippen molar-refractivity contribution in [3.8, 4) is 11.3 Å². The van der Waals surface area contributed by atoms with Crippen LogP contribution in [0.3, 0.4) is 0 Å². The Bertz CT molecular complexity index is 828. The van der Waals surface area contributed by atoms with Gasteiger partial charge >= 0.3 is 5.97 Å². The van der Waals surface area contributed by atoms with Gasteiger partial charge in [-0.3, -0.25) is 9.78 Å². The predicted octanol–water partition coefficient (Wildman–Crippen LogP) is 4.27. The van der Waals surface area contributed by atoms with Gasteiger partial charge in [0.05, 0.1) is 11.3 Å². The maximum Gasteiger partial charge on any atom is 0.335 e. The van der Waals surface area contributed by atoms with Crippen molar-refractivity contribution in [1.29, 1.82) is 0 Å². The molecule has 1 N–H and O–H groups in total. The van der Waals surface area contributed by atoms with Crippen molar-refractivity contribution < 1.29 is 14.7 Å². The molecule has 28 heavy (non-hydrogen) atoms. The normalized spacial score (nSPS) is 15.5. The van der Waals surface area contributed by atoms with E-state index in [0.717, 1.165) is 43.6 Å². The molecule has 0 atom stereocenters. The highest BCUT2D eigenvalue weighted by atomic mass is 16.4. The van der Waals surface area contributed by atoms with Crippen LogP contribution in [0.5, 0.6) is 0 Å². The fourth-order valence-corrected chi connectivity index (χ4v) is 3.65. The second kappa shape index (κ2) is 8.13. The highest BCUT2D eigenvalue weighted by molar-refractivity contribution is 5.88. The first-order valence-electron chi connectivity index (χ1n) is 9.82. The molecule has 2 aromatic rings. The van der Waals surface area contributed by atoms with Gasteiger partial charge in [-0.2, -0.15) is 0 Å². The van der Waals surface area contributed by atoms with Gasteiger partial charge in [-0.15, -0.1) is 0 Å². The highest BCUT2D eigenvalue weighted by Crippen LogP contribution is 2.26. The molecule has 1 aromatic carbocycles. The molecule has 0 aliphatic carbocycles. The van der Waals surface area contributed by atoms with Gasteiger partial charge in [0.25, 0.3) is 0 Å². The summed E-state index contributed by atoms with van der Waals surface area (Å²) in [5.74, 6) is -0.109. The van der Waals surface area contributed by atoms with Crippen LogP contribution in [0.2, 0.25) is 0 Å². The van der Waals surface area contributed by atoms with Crippen molar-refractivity contribution in [1.82, 2.24) is 9.88 Å². The summed E-state index contributed by atoms with van der Waals surface area (Å²) in [5.41, 5.74) is 2.91. The topological polar surface area (TPSA) is 70.5 Å². The number of nitrogens with zero attached hydrogens (tertiary/aromatic N) is 2. The summed E-state index contributed by atoms with van der Waals surface area (Å²) in [5, 5.41) is 8.99. The van der Waals surface area contributed by atoms with E-state index in [9.17, 15) is 9.59 Å². The van der Waals surface area contributed by atoms with Crippen molar-refractivity contribution in [3.63, 3.8) is 0 Å². The molecular weight excluding hydrogens is 352 g/mol. The van der Waals surface area contributed by atoms with Gasteiger partial charge in [-0.25, -0.2) is 4.79 Å². The van der Waals surface area contributed by atoms with Crippen LogP contribution in [-0.2, 0) is 11.2 Å². The monoisotopic (exact) mass is 380 g/mol. The molecule has 5 heteroatoms. The lowest BCUT2D eigenvalue weighted by Gasteiger charge is -2.35. The van der Waals surface area contributed by atoms with Crippen LogP contribution in [0.1, 0.15) is 49.5 Å². The molecule has 1 aliphatic heterocycles. The van der Waals surface area contributed by atoms with E-state index in [1.165, 1.54) is 5.56 Å². The third-order valence-electron chi connectivity index (χ3n) is 5.32. The number of pyridine rings is 1. The van der Waals surface area contributed by atoms with Crippen LogP contribution >= 0.6 is 0 Å². The molecule has 148 valence electrons. The minimum atomic E-state index is -0.926. The number of amides is 1. The van der Waals surface area contributed by atoms with E-state index >= 15 is 0 Å². The van der Waals surface area contributed by atoms with E-state index in [1.807, 2.05) is 37.9 Å². The number of carbonyl (C=O) groups excluding carboxylic acids is 1. The second-order valence-corrected chi connectivity index (χ2v) is 8.62. The molecule has 5 nitrogen and oxygen atoms in total. The summed E-state index contributed by atoms with van der Waals surface area (Å²) < 4.78 is 0. The zero-order valence-corrected chi connectivity index (χ0v) is 16.8. The molecule has 0 radical (unpaired) electrons. The second-order valence-electron chi connectivity index (χ2n) is 8.62. The van der Waals surface area contributed by atoms with Crippen molar-refractivity contribution in [3.05, 3.63) is 53.7 Å². The van der Waals surface area contributed by atoms with Crippen LogP contribution < -0.4 is 0 Å². The summed E-state index contributed by atoms with van der Waals surface area (Å²) in [6.07, 6.45) is 4.94. The predicted molar refractivity (Wildman–Crippen MR) is 109 cm³/mol. The number of likely N-dealkylation sites (tertiary alicyclic amines) is 1. The van der Waals surface area contributed by atoms with Gasteiger partial charge < -0.3 is 10.0 Å². The summed E-state index contributed by atoms with van der Waals surface area (Å²) in [6.45, 7) is 7.60. The summed E-state index contributed by atoms with van der Waals surface area (Å²) in [4.78, 5) is 29.9. The molecule has 1 fully saturated rings. The lowest BCUT2D eigenvalue weighted by atomic mass is 9.88. The van der Waals surface area contributed by atoms with Crippen LogP contribution in [0.25, 0.3) is 11.3 Å². The number of aromatic nitrogens is 1. The highest BCUT2D eigenvalue weighted by Gasteiger charge is 2.30. The molecule has 2 heterocycles. The molecule has 1 saturated heterocycles. The minimum Gasteiger partial charge on any atom is -0.478 e. The van der Waals surface area contributed by atoms with E-state index in [-0.39, 0.29) is 16.9 Å². The summed E-state index contributed by atoms with van der Waals surface area (Å²) in [6, 6.07) is 10.9. The number of hydrogen-bond acceptors (Lipinski definition) is 3. The largest absolute Gasteiger partial charge is 0.478 e. The van der Waals surface area contributed by atoms with Crippen molar-refractivity contribution in [2.24, 2.45) is 11.3 Å². The number of carboxylic acids is 1. The van der Waals surface area contributed by atoms with Crippen molar-refractivity contribution in [2.45, 2.75) is 40.0 Å². The van der Waals surface area contributed by atoms with Gasteiger partial charge in [0.1, 0.15) is 0 Å². The molecule has 0 unspecified atom stereocenters. The maximum atomic E-state index is 12.4. The van der Waals surface area contributed by atoms with E-state index in [1.54, 1.807) is 24.3 Å². The Balaban J connectivity index is 1.56.